The molecule has 1 rings (SSSR count). The zero-order chi connectivity index (χ0) is 14.5. The predicted molar refractivity (Wildman–Crippen MR) is 65.1 cm³/mol. The van der Waals surface area contributed by atoms with Crippen LogP contribution in [0.5, 0.6) is 0 Å². The van der Waals surface area contributed by atoms with E-state index in [2.05, 4.69) is 5.43 Å². The molecule has 0 bridgehead atoms. The Bertz CT molecular complexity index is 290. The zero-order valence-electron chi connectivity index (χ0n) is 11.0. The molecule has 0 aromatic heterocycles. The SMILES string of the molecule is CCCC(C(=O)NN)N1CCN(CC(F)(F)F)CC1. The van der Waals surface area contributed by atoms with Gasteiger partial charge in [0.25, 0.3) is 5.91 Å². The van der Waals surface area contributed by atoms with Crippen LogP contribution in [-0.2, 0) is 4.79 Å². The molecule has 8 heteroatoms. The zero-order valence-corrected chi connectivity index (χ0v) is 11.0. The number of carbonyl (C=O) groups is 1. The van der Waals surface area contributed by atoms with Crippen LogP contribution in [0.2, 0.25) is 0 Å². The summed E-state index contributed by atoms with van der Waals surface area (Å²) in [5.41, 5.74) is 2.12. The molecule has 112 valence electrons. The monoisotopic (exact) mass is 282 g/mol. The molecule has 0 spiro atoms. The summed E-state index contributed by atoms with van der Waals surface area (Å²) in [6.45, 7) is 2.61. The molecule has 1 amide bonds. The Kier molecular flexibility index (Phi) is 6.02. The first-order valence-electron chi connectivity index (χ1n) is 6.41. The van der Waals surface area contributed by atoms with Gasteiger partial charge < -0.3 is 0 Å². The molecule has 0 aliphatic carbocycles. The van der Waals surface area contributed by atoms with Crippen molar-refractivity contribution in [3.05, 3.63) is 0 Å². The molecule has 1 aliphatic heterocycles. The van der Waals surface area contributed by atoms with Gasteiger partial charge in [-0.3, -0.25) is 20.0 Å². The first kappa shape index (κ1) is 16.2. The molecule has 5 nitrogen and oxygen atoms in total. The molecule has 1 atom stereocenters. The number of hydrogen-bond donors (Lipinski definition) is 2. The van der Waals surface area contributed by atoms with Gasteiger partial charge in [-0.1, -0.05) is 13.3 Å². The summed E-state index contributed by atoms with van der Waals surface area (Å²) in [6, 6.07) is -0.344. The molecule has 1 fully saturated rings. The van der Waals surface area contributed by atoms with Crippen molar-refractivity contribution in [2.24, 2.45) is 5.84 Å². The average Bonchev–Trinajstić information content (AvgIpc) is 2.34. The van der Waals surface area contributed by atoms with Gasteiger partial charge in [0.15, 0.2) is 0 Å². The summed E-state index contributed by atoms with van der Waals surface area (Å²) >= 11 is 0. The minimum absolute atomic E-state index is 0.272. The van der Waals surface area contributed by atoms with Crippen molar-refractivity contribution in [2.75, 3.05) is 32.7 Å². The van der Waals surface area contributed by atoms with E-state index in [-0.39, 0.29) is 11.9 Å². The minimum Gasteiger partial charge on any atom is -0.293 e. The van der Waals surface area contributed by atoms with Crippen molar-refractivity contribution in [1.82, 2.24) is 15.2 Å². The van der Waals surface area contributed by atoms with E-state index in [4.69, 9.17) is 5.84 Å². The maximum Gasteiger partial charge on any atom is 0.401 e. The fraction of sp³-hybridized carbons (Fsp3) is 0.909. The summed E-state index contributed by atoms with van der Waals surface area (Å²) in [6.07, 6.45) is -2.69. The second-order valence-corrected chi connectivity index (χ2v) is 4.74. The summed E-state index contributed by atoms with van der Waals surface area (Å²) in [5, 5.41) is 0. The number of rotatable bonds is 5. The first-order chi connectivity index (χ1) is 8.87. The van der Waals surface area contributed by atoms with Crippen LogP contribution in [0, 0.1) is 0 Å². The third-order valence-electron chi connectivity index (χ3n) is 3.26. The molecule has 1 heterocycles. The largest absolute Gasteiger partial charge is 0.401 e. The quantitative estimate of drug-likeness (QED) is 0.433. The Morgan fingerprint density at radius 1 is 1.32 bits per heavy atom. The summed E-state index contributed by atoms with van der Waals surface area (Å²) in [4.78, 5) is 14.9. The molecule has 0 saturated carbocycles. The number of hydrazine groups is 1. The van der Waals surface area contributed by atoms with Gasteiger partial charge in [-0.05, 0) is 6.42 Å². The molecular formula is C11H21F3N4O. The number of nitrogens with zero attached hydrogens (tertiary/aromatic N) is 2. The van der Waals surface area contributed by atoms with Crippen LogP contribution in [0.4, 0.5) is 13.2 Å². The van der Waals surface area contributed by atoms with Gasteiger partial charge in [-0.2, -0.15) is 13.2 Å². The topological polar surface area (TPSA) is 61.6 Å². The molecule has 0 radical (unpaired) electrons. The lowest BCUT2D eigenvalue weighted by Gasteiger charge is -2.38. The van der Waals surface area contributed by atoms with E-state index >= 15 is 0 Å². The molecule has 19 heavy (non-hydrogen) atoms. The highest BCUT2D eigenvalue weighted by Crippen LogP contribution is 2.18. The van der Waals surface area contributed by atoms with Crippen LogP contribution >= 0.6 is 0 Å². The molecule has 1 saturated heterocycles. The van der Waals surface area contributed by atoms with Crippen molar-refractivity contribution >= 4 is 5.91 Å². The molecule has 3 N–H and O–H groups in total. The van der Waals surface area contributed by atoms with Crippen LogP contribution < -0.4 is 11.3 Å². The van der Waals surface area contributed by atoms with Crippen molar-refractivity contribution in [3.8, 4) is 0 Å². The standard InChI is InChI=1S/C11H21F3N4O/c1-2-3-9(10(19)16-15)18-6-4-17(5-7-18)8-11(12,13)14/h9H,2-8,15H2,1H3,(H,16,19). The summed E-state index contributed by atoms with van der Waals surface area (Å²) in [7, 11) is 0. The number of alkyl halides is 3. The van der Waals surface area contributed by atoms with Crippen LogP contribution in [0.3, 0.4) is 0 Å². The molecule has 1 unspecified atom stereocenters. The van der Waals surface area contributed by atoms with E-state index in [1.165, 1.54) is 4.90 Å². The highest BCUT2D eigenvalue weighted by atomic mass is 19.4. The second kappa shape index (κ2) is 7.06. The maximum atomic E-state index is 12.3. The summed E-state index contributed by atoms with van der Waals surface area (Å²) < 4.78 is 36.8. The predicted octanol–water partition coefficient (Wildman–Crippen LogP) is 0.325. The minimum atomic E-state index is -4.17. The van der Waals surface area contributed by atoms with Crippen LogP contribution in [0.1, 0.15) is 19.8 Å². The summed E-state index contributed by atoms with van der Waals surface area (Å²) in [5.74, 6) is 4.86. The lowest BCUT2D eigenvalue weighted by atomic mass is 10.1. The molecule has 1 aliphatic rings. The van der Waals surface area contributed by atoms with Gasteiger partial charge in [0.05, 0.1) is 12.6 Å². The fourth-order valence-corrected chi connectivity index (χ4v) is 2.34. The first-order valence-corrected chi connectivity index (χ1v) is 6.41. The number of hydrogen-bond acceptors (Lipinski definition) is 4. The average molecular weight is 282 g/mol. The van der Waals surface area contributed by atoms with E-state index in [1.807, 2.05) is 11.8 Å². The number of piperazine rings is 1. The Hall–Kier alpha value is -0.860. The van der Waals surface area contributed by atoms with Crippen molar-refractivity contribution < 1.29 is 18.0 Å². The Morgan fingerprint density at radius 2 is 1.89 bits per heavy atom. The second-order valence-electron chi connectivity index (χ2n) is 4.74. The maximum absolute atomic E-state index is 12.3. The van der Waals surface area contributed by atoms with Gasteiger partial charge >= 0.3 is 6.18 Å². The van der Waals surface area contributed by atoms with Gasteiger partial charge in [0.2, 0.25) is 0 Å². The van der Waals surface area contributed by atoms with Gasteiger partial charge in [0.1, 0.15) is 0 Å². The normalized spacial score (nSPS) is 20.3. The van der Waals surface area contributed by atoms with E-state index < -0.39 is 12.7 Å². The van der Waals surface area contributed by atoms with Gasteiger partial charge in [-0.25, -0.2) is 5.84 Å². The Labute approximate surface area is 110 Å². The lowest BCUT2D eigenvalue weighted by molar-refractivity contribution is -0.151. The van der Waals surface area contributed by atoms with E-state index in [9.17, 15) is 18.0 Å². The van der Waals surface area contributed by atoms with E-state index in [0.29, 0.717) is 32.6 Å². The lowest BCUT2D eigenvalue weighted by Crippen LogP contribution is -2.56. The van der Waals surface area contributed by atoms with Crippen LogP contribution in [0.25, 0.3) is 0 Å². The van der Waals surface area contributed by atoms with E-state index in [0.717, 1.165) is 6.42 Å². The highest BCUT2D eigenvalue weighted by Gasteiger charge is 2.34. The van der Waals surface area contributed by atoms with Crippen LogP contribution in [0.15, 0.2) is 0 Å². The molecule has 0 aromatic rings. The van der Waals surface area contributed by atoms with Gasteiger partial charge in [0, 0.05) is 26.2 Å². The fourth-order valence-electron chi connectivity index (χ4n) is 2.34. The Balaban J connectivity index is 2.48. The third-order valence-corrected chi connectivity index (χ3v) is 3.26. The smallest absolute Gasteiger partial charge is 0.293 e. The molecular weight excluding hydrogens is 261 g/mol. The number of amides is 1. The number of nitrogens with two attached hydrogens (primary N) is 1. The van der Waals surface area contributed by atoms with Gasteiger partial charge in [-0.15, -0.1) is 0 Å². The van der Waals surface area contributed by atoms with Crippen LogP contribution in [-0.4, -0.2) is 60.6 Å². The highest BCUT2D eigenvalue weighted by molar-refractivity contribution is 5.81. The number of carbonyl (C=O) groups excluding carboxylic acids is 1. The molecule has 0 aromatic carbocycles. The number of halogens is 3. The van der Waals surface area contributed by atoms with E-state index in [1.54, 1.807) is 0 Å². The third kappa shape index (κ3) is 5.33. The van der Waals surface area contributed by atoms with Crippen molar-refractivity contribution in [1.29, 1.82) is 0 Å². The number of nitrogens with one attached hydrogen (secondary N) is 1. The Morgan fingerprint density at radius 3 is 2.32 bits per heavy atom. The van der Waals surface area contributed by atoms with Crippen molar-refractivity contribution in [3.63, 3.8) is 0 Å². The van der Waals surface area contributed by atoms with Crippen molar-refractivity contribution in [2.45, 2.75) is 32.0 Å².